The van der Waals surface area contributed by atoms with E-state index in [9.17, 15) is 4.79 Å². The smallest absolute Gasteiger partial charge is 0.226 e. The van der Waals surface area contributed by atoms with Crippen LogP contribution in [0, 0.1) is 0 Å². The van der Waals surface area contributed by atoms with Crippen LogP contribution in [0.3, 0.4) is 0 Å². The molecule has 0 bridgehead atoms. The molecule has 0 saturated heterocycles. The highest BCUT2D eigenvalue weighted by molar-refractivity contribution is 6.07. The van der Waals surface area contributed by atoms with Crippen molar-refractivity contribution in [1.29, 1.82) is 0 Å². The SMILES string of the molecule is C=Cn1cccccccc1C(=O)c1cccccccn1C=C. The number of hydrogen-bond donors (Lipinski definition) is 0. The Hall–Kier alpha value is -3.33. The van der Waals surface area contributed by atoms with Crippen LogP contribution in [0.25, 0.3) is 12.4 Å². The van der Waals surface area contributed by atoms with Gasteiger partial charge in [-0.3, -0.25) is 4.79 Å². The molecule has 0 aliphatic rings. The van der Waals surface area contributed by atoms with Crippen molar-refractivity contribution in [3.63, 3.8) is 0 Å². The zero-order valence-electron chi connectivity index (χ0n) is 13.5. The van der Waals surface area contributed by atoms with Gasteiger partial charge in [0.2, 0.25) is 5.78 Å². The average Bonchev–Trinajstić information content (AvgIpc) is 2.80. The minimum absolute atomic E-state index is 0.137. The molecule has 3 nitrogen and oxygen atoms in total. The summed E-state index contributed by atoms with van der Waals surface area (Å²) in [4.78, 5) is 13.2. The Morgan fingerprint density at radius 3 is 1.46 bits per heavy atom. The molecular formula is C21H20N2O. The monoisotopic (exact) mass is 316 g/mol. The van der Waals surface area contributed by atoms with E-state index < -0.39 is 0 Å². The Labute approximate surface area is 142 Å². The first-order valence-corrected chi connectivity index (χ1v) is 7.58. The molecule has 0 amide bonds. The van der Waals surface area contributed by atoms with Gasteiger partial charge in [0, 0.05) is 24.8 Å². The average molecular weight is 316 g/mol. The van der Waals surface area contributed by atoms with Crippen LogP contribution in [-0.4, -0.2) is 14.9 Å². The number of carbonyl (C=O) groups excluding carboxylic acids is 1. The van der Waals surface area contributed by atoms with Crippen molar-refractivity contribution in [2.75, 3.05) is 0 Å². The van der Waals surface area contributed by atoms with E-state index in [4.69, 9.17) is 0 Å². The standard InChI is InChI=1S/C21H20N2O/c1-3-22-17-13-9-5-7-11-15-19(22)21(24)20-16-12-8-6-10-14-18-23(20)4-2/h3-18H,1-2H2. The second-order valence-electron chi connectivity index (χ2n) is 4.84. The molecule has 24 heavy (non-hydrogen) atoms. The van der Waals surface area contributed by atoms with Crippen LogP contribution in [-0.2, 0) is 0 Å². The first-order chi connectivity index (χ1) is 11.8. The Morgan fingerprint density at radius 1 is 0.667 bits per heavy atom. The van der Waals surface area contributed by atoms with Crippen molar-refractivity contribution in [1.82, 2.24) is 9.13 Å². The molecule has 0 unspecified atom stereocenters. The van der Waals surface area contributed by atoms with E-state index in [1.807, 2.05) is 60.7 Å². The fourth-order valence-corrected chi connectivity index (χ4v) is 2.13. The van der Waals surface area contributed by atoms with Gasteiger partial charge in [0.1, 0.15) is 0 Å². The lowest BCUT2D eigenvalue weighted by Gasteiger charge is -2.09. The van der Waals surface area contributed by atoms with Gasteiger partial charge in [-0.25, -0.2) is 0 Å². The molecule has 3 heteroatoms. The summed E-state index contributed by atoms with van der Waals surface area (Å²) in [6.07, 6.45) is 6.80. The van der Waals surface area contributed by atoms with E-state index >= 15 is 0 Å². The predicted molar refractivity (Wildman–Crippen MR) is 100 cm³/mol. The fourth-order valence-electron chi connectivity index (χ4n) is 2.13. The largest absolute Gasteiger partial charge is 0.321 e. The van der Waals surface area contributed by atoms with Crippen LogP contribution in [0.1, 0.15) is 16.2 Å². The van der Waals surface area contributed by atoms with Gasteiger partial charge in [-0.2, -0.15) is 0 Å². The van der Waals surface area contributed by atoms with E-state index in [2.05, 4.69) is 13.2 Å². The molecule has 0 aliphatic heterocycles. The molecule has 2 aromatic heterocycles. The summed E-state index contributed by atoms with van der Waals surface area (Å²) < 4.78 is 3.39. The van der Waals surface area contributed by atoms with Crippen LogP contribution < -0.4 is 0 Å². The van der Waals surface area contributed by atoms with Crippen molar-refractivity contribution in [2.24, 2.45) is 0 Å². The third kappa shape index (κ3) is 4.34. The summed E-state index contributed by atoms with van der Waals surface area (Å²) in [7, 11) is 0. The lowest BCUT2D eigenvalue weighted by Crippen LogP contribution is -2.12. The molecule has 2 heterocycles. The highest BCUT2D eigenvalue weighted by Crippen LogP contribution is 2.09. The van der Waals surface area contributed by atoms with Crippen LogP contribution >= 0.6 is 0 Å². The first kappa shape index (κ1) is 17.0. The van der Waals surface area contributed by atoms with Gasteiger partial charge in [-0.05, 0) is 24.3 Å². The summed E-state index contributed by atoms with van der Waals surface area (Å²) in [6, 6.07) is 22.2. The van der Waals surface area contributed by atoms with Crippen molar-refractivity contribution in [2.45, 2.75) is 0 Å². The van der Waals surface area contributed by atoms with E-state index in [1.165, 1.54) is 0 Å². The second-order valence-corrected chi connectivity index (χ2v) is 4.84. The number of aromatic nitrogens is 2. The summed E-state index contributed by atoms with van der Waals surface area (Å²) in [5.74, 6) is -0.137. The zero-order chi connectivity index (χ0) is 17.2. The Balaban J connectivity index is 2.75. The molecule has 0 radical (unpaired) electrons. The molecule has 0 atom stereocenters. The molecular weight excluding hydrogens is 296 g/mol. The molecule has 0 fully saturated rings. The van der Waals surface area contributed by atoms with Gasteiger partial charge < -0.3 is 9.13 Å². The van der Waals surface area contributed by atoms with Crippen LogP contribution in [0.4, 0.5) is 0 Å². The van der Waals surface area contributed by atoms with Crippen LogP contribution in [0.5, 0.6) is 0 Å². The number of hydrogen-bond acceptors (Lipinski definition) is 1. The molecule has 0 spiro atoms. The van der Waals surface area contributed by atoms with Crippen LogP contribution in [0.2, 0.25) is 0 Å². The zero-order valence-corrected chi connectivity index (χ0v) is 13.5. The number of nitrogens with zero attached hydrogens (tertiary/aromatic N) is 2. The van der Waals surface area contributed by atoms with Gasteiger partial charge in [0.25, 0.3) is 0 Å². The normalized spacial score (nSPS) is 9.33. The number of rotatable bonds is 4. The molecule has 2 aromatic rings. The third-order valence-electron chi connectivity index (χ3n) is 3.31. The van der Waals surface area contributed by atoms with Crippen LogP contribution in [0.15, 0.2) is 98.3 Å². The number of ketones is 1. The third-order valence-corrected chi connectivity index (χ3v) is 3.31. The molecule has 0 aromatic carbocycles. The second kappa shape index (κ2) is 8.96. The van der Waals surface area contributed by atoms with Crippen molar-refractivity contribution in [3.8, 4) is 0 Å². The molecule has 120 valence electrons. The molecule has 0 aliphatic carbocycles. The number of carbonyl (C=O) groups is 1. The van der Waals surface area contributed by atoms with Gasteiger partial charge in [0.05, 0.1) is 11.4 Å². The molecule has 0 saturated carbocycles. The van der Waals surface area contributed by atoms with Crippen molar-refractivity contribution < 1.29 is 4.79 Å². The Morgan fingerprint density at radius 2 is 1.04 bits per heavy atom. The van der Waals surface area contributed by atoms with Gasteiger partial charge >= 0.3 is 0 Å². The maximum atomic E-state index is 13.2. The summed E-state index contributed by atoms with van der Waals surface area (Å²) in [5, 5.41) is 0. The van der Waals surface area contributed by atoms with Crippen molar-refractivity contribution >= 4 is 18.2 Å². The lowest BCUT2D eigenvalue weighted by atomic mass is 10.2. The Bertz CT molecular complexity index is 771. The topological polar surface area (TPSA) is 26.9 Å². The summed E-state index contributed by atoms with van der Waals surface area (Å²) in [5.41, 5.74) is 0.988. The van der Waals surface area contributed by atoms with E-state index in [0.717, 1.165) is 0 Å². The highest BCUT2D eigenvalue weighted by atomic mass is 16.1. The molecule has 2 rings (SSSR count). The van der Waals surface area contributed by atoms with Crippen molar-refractivity contribution in [3.05, 3.63) is 110 Å². The van der Waals surface area contributed by atoms with Gasteiger partial charge in [0.15, 0.2) is 0 Å². The van der Waals surface area contributed by atoms with Gasteiger partial charge in [-0.15, -0.1) is 0 Å². The molecule has 0 N–H and O–H groups in total. The maximum Gasteiger partial charge on any atom is 0.226 e. The highest BCUT2D eigenvalue weighted by Gasteiger charge is 2.12. The Kier molecular flexibility index (Phi) is 6.35. The first-order valence-electron chi connectivity index (χ1n) is 7.58. The lowest BCUT2D eigenvalue weighted by molar-refractivity contribution is 0.102. The quantitative estimate of drug-likeness (QED) is 0.732. The maximum absolute atomic E-state index is 13.2. The van der Waals surface area contributed by atoms with Gasteiger partial charge in [-0.1, -0.05) is 61.7 Å². The van der Waals surface area contributed by atoms with E-state index in [1.54, 1.807) is 46.1 Å². The summed E-state index contributed by atoms with van der Waals surface area (Å²) >= 11 is 0. The fraction of sp³-hybridized carbons (Fsp3) is 0. The van der Waals surface area contributed by atoms with E-state index in [-0.39, 0.29) is 5.78 Å². The van der Waals surface area contributed by atoms with E-state index in [0.29, 0.717) is 11.4 Å². The minimum atomic E-state index is -0.137. The summed E-state index contributed by atoms with van der Waals surface area (Å²) in [6.45, 7) is 7.59. The minimum Gasteiger partial charge on any atom is -0.321 e. The predicted octanol–water partition coefficient (Wildman–Crippen LogP) is 4.97.